The van der Waals surface area contributed by atoms with Crippen molar-refractivity contribution in [2.24, 2.45) is 5.73 Å². The highest BCUT2D eigenvalue weighted by Gasteiger charge is 2.38. The fourth-order valence-electron chi connectivity index (χ4n) is 3.60. The molecule has 1 aliphatic heterocycles. The third-order valence-electron chi connectivity index (χ3n) is 5.22. The van der Waals surface area contributed by atoms with Crippen LogP contribution in [0.2, 0.25) is 0 Å². The van der Waals surface area contributed by atoms with Crippen molar-refractivity contribution in [1.82, 2.24) is 9.55 Å². The Morgan fingerprint density at radius 2 is 1.71 bits per heavy atom. The minimum atomic E-state index is -5.08. The van der Waals surface area contributed by atoms with Crippen LogP contribution in [0.25, 0.3) is 11.0 Å². The van der Waals surface area contributed by atoms with Gasteiger partial charge in [0.15, 0.2) is 21.5 Å². The molecule has 2 aromatic carbocycles. The number of nitrogens with two attached hydrogens (primary N) is 1. The molecule has 4 rings (SSSR count). The van der Waals surface area contributed by atoms with E-state index in [4.69, 9.17) is 15.6 Å². The van der Waals surface area contributed by atoms with Crippen LogP contribution in [0.4, 0.5) is 26.3 Å². The van der Waals surface area contributed by atoms with Crippen molar-refractivity contribution in [1.29, 1.82) is 0 Å². The van der Waals surface area contributed by atoms with Crippen molar-refractivity contribution in [3.05, 3.63) is 59.2 Å². The molecule has 184 valence electrons. The topological polar surface area (TPSA) is 115 Å². The van der Waals surface area contributed by atoms with Crippen LogP contribution in [0.1, 0.15) is 17.3 Å². The number of rotatable bonds is 2. The maximum absolute atomic E-state index is 14.2. The zero-order chi connectivity index (χ0) is 25.6. The molecule has 2 atom stereocenters. The number of aliphatic carboxylic acids is 1. The van der Waals surface area contributed by atoms with Gasteiger partial charge in [-0.2, -0.15) is 13.2 Å². The summed E-state index contributed by atoms with van der Waals surface area (Å²) in [7, 11) is -3.38. The molecule has 7 nitrogen and oxygen atoms in total. The molecule has 1 aliphatic rings. The van der Waals surface area contributed by atoms with E-state index in [1.54, 1.807) is 6.07 Å². The van der Waals surface area contributed by atoms with Gasteiger partial charge in [0.05, 0.1) is 15.9 Å². The number of carboxylic acids is 1. The molecule has 0 saturated heterocycles. The van der Waals surface area contributed by atoms with Crippen LogP contribution in [0.3, 0.4) is 0 Å². The van der Waals surface area contributed by atoms with Crippen molar-refractivity contribution in [2.45, 2.75) is 36.0 Å². The number of hydrogen-bond donors (Lipinski definition) is 2. The quantitative estimate of drug-likeness (QED) is 0.405. The number of carboxylic acid groups (broad SMARTS) is 1. The SMILES string of the molecule is CS(=O)(=O)c1ccc2c(c1)nc1n2C[C@H](N)[C@@H](c2cc(F)c(F)cc2F)C1.O=C(O)C(F)(F)F. The minimum Gasteiger partial charge on any atom is -0.475 e. The number of fused-ring (bicyclic) bond motifs is 3. The molecule has 0 amide bonds. The van der Waals surface area contributed by atoms with E-state index in [0.717, 1.165) is 17.8 Å². The summed E-state index contributed by atoms with van der Waals surface area (Å²) >= 11 is 0. The lowest BCUT2D eigenvalue weighted by Crippen LogP contribution is -2.39. The molecule has 3 N–H and O–H groups in total. The first-order chi connectivity index (χ1) is 15.6. The fraction of sp³-hybridized carbons (Fsp3) is 0.300. The molecule has 1 aromatic heterocycles. The summed E-state index contributed by atoms with van der Waals surface area (Å²) in [5.41, 5.74) is 7.43. The Kier molecular flexibility index (Phi) is 6.68. The second-order valence-corrected chi connectivity index (χ2v) is 9.64. The lowest BCUT2D eigenvalue weighted by Gasteiger charge is -2.30. The van der Waals surface area contributed by atoms with E-state index in [1.807, 2.05) is 4.57 Å². The molecule has 0 saturated carbocycles. The summed E-state index contributed by atoms with van der Waals surface area (Å²) in [6, 6.07) is 5.47. The highest BCUT2D eigenvalue weighted by atomic mass is 32.2. The monoisotopic (exact) mass is 509 g/mol. The van der Waals surface area contributed by atoms with Gasteiger partial charge in [-0.1, -0.05) is 0 Å². The van der Waals surface area contributed by atoms with Gasteiger partial charge in [-0.3, -0.25) is 0 Å². The summed E-state index contributed by atoms with van der Waals surface area (Å²) in [6.07, 6.45) is -3.74. The van der Waals surface area contributed by atoms with Crippen molar-refractivity contribution >= 4 is 26.8 Å². The van der Waals surface area contributed by atoms with Crippen LogP contribution in [0.15, 0.2) is 35.2 Å². The number of hydrogen-bond acceptors (Lipinski definition) is 5. The van der Waals surface area contributed by atoms with E-state index in [1.165, 1.54) is 12.1 Å². The molecular weight excluding hydrogens is 492 g/mol. The number of alkyl halides is 3. The normalized spacial score (nSPS) is 18.2. The van der Waals surface area contributed by atoms with Gasteiger partial charge < -0.3 is 15.4 Å². The molecule has 0 aliphatic carbocycles. The van der Waals surface area contributed by atoms with Crippen molar-refractivity contribution in [3.63, 3.8) is 0 Å². The Labute approximate surface area is 188 Å². The molecule has 2 heterocycles. The molecule has 0 bridgehead atoms. The van der Waals surface area contributed by atoms with Gasteiger partial charge in [0.2, 0.25) is 0 Å². The zero-order valence-electron chi connectivity index (χ0n) is 17.3. The van der Waals surface area contributed by atoms with Gasteiger partial charge in [0.1, 0.15) is 11.6 Å². The van der Waals surface area contributed by atoms with E-state index in [9.17, 15) is 34.8 Å². The van der Waals surface area contributed by atoms with Gasteiger partial charge in [-0.15, -0.1) is 0 Å². The lowest BCUT2D eigenvalue weighted by molar-refractivity contribution is -0.192. The number of nitrogens with zero attached hydrogens (tertiary/aromatic N) is 2. The summed E-state index contributed by atoms with van der Waals surface area (Å²) in [5.74, 6) is -5.97. The molecule has 0 radical (unpaired) electrons. The summed E-state index contributed by atoms with van der Waals surface area (Å²) in [5, 5.41) is 7.12. The average molecular weight is 509 g/mol. The maximum atomic E-state index is 14.2. The maximum Gasteiger partial charge on any atom is 0.490 e. The number of carbonyl (C=O) groups is 1. The summed E-state index contributed by atoms with van der Waals surface area (Å²) in [6.45, 7) is 0.299. The first-order valence-electron chi connectivity index (χ1n) is 9.49. The molecule has 14 heteroatoms. The van der Waals surface area contributed by atoms with Crippen LogP contribution in [-0.2, 0) is 27.6 Å². The standard InChI is InChI=1S/C18H16F3N3O2S.C2HF3O2/c1-27(25,26)9-2-3-17-16(4-9)23-18-6-11(15(22)8-24(17)18)10-5-13(20)14(21)7-12(10)19;3-2(4,5)1(6)7/h2-5,7,11,15H,6,8,22H2,1H3;(H,6,7)/t11-,15+;/m1./s1. The lowest BCUT2D eigenvalue weighted by atomic mass is 9.86. The van der Waals surface area contributed by atoms with Crippen LogP contribution >= 0.6 is 0 Å². The predicted octanol–water partition coefficient (Wildman–Crippen LogP) is 3.16. The first kappa shape index (κ1) is 25.5. The van der Waals surface area contributed by atoms with Crippen LogP contribution < -0.4 is 5.73 Å². The molecule has 3 aromatic rings. The van der Waals surface area contributed by atoms with E-state index in [-0.39, 0.29) is 16.9 Å². The molecule has 0 spiro atoms. The van der Waals surface area contributed by atoms with Gasteiger partial charge in [0, 0.05) is 37.2 Å². The molecule has 34 heavy (non-hydrogen) atoms. The Balaban J connectivity index is 0.000000406. The van der Waals surface area contributed by atoms with Crippen molar-refractivity contribution < 1.29 is 44.7 Å². The van der Waals surface area contributed by atoms with Crippen LogP contribution in [0.5, 0.6) is 0 Å². The third-order valence-corrected chi connectivity index (χ3v) is 6.33. The Morgan fingerprint density at radius 3 is 2.26 bits per heavy atom. The summed E-state index contributed by atoms with van der Waals surface area (Å²) < 4.78 is 98.1. The Morgan fingerprint density at radius 1 is 1.12 bits per heavy atom. The van der Waals surface area contributed by atoms with E-state index >= 15 is 0 Å². The van der Waals surface area contributed by atoms with Crippen LogP contribution in [0, 0.1) is 17.5 Å². The summed E-state index contributed by atoms with van der Waals surface area (Å²) in [4.78, 5) is 13.5. The largest absolute Gasteiger partial charge is 0.490 e. The number of halogens is 6. The number of sulfone groups is 1. The molecule has 0 fully saturated rings. The second-order valence-electron chi connectivity index (χ2n) is 7.63. The highest BCUT2D eigenvalue weighted by Crippen LogP contribution is 2.34. The number of benzene rings is 2. The fourth-order valence-corrected chi connectivity index (χ4v) is 4.24. The number of imidazole rings is 1. The molecule has 0 unspecified atom stereocenters. The molecular formula is C20H17F6N3O4S. The van der Waals surface area contributed by atoms with E-state index < -0.39 is 51.4 Å². The minimum absolute atomic E-state index is 0.0107. The Hall–Kier alpha value is -3.13. The van der Waals surface area contributed by atoms with Gasteiger partial charge >= 0.3 is 12.1 Å². The van der Waals surface area contributed by atoms with Gasteiger partial charge in [-0.25, -0.2) is 31.4 Å². The average Bonchev–Trinajstić information content (AvgIpc) is 3.06. The first-order valence-corrected chi connectivity index (χ1v) is 11.4. The predicted molar refractivity (Wildman–Crippen MR) is 107 cm³/mol. The smallest absolute Gasteiger partial charge is 0.475 e. The number of aromatic nitrogens is 2. The Bertz CT molecular complexity index is 1370. The van der Waals surface area contributed by atoms with Gasteiger partial charge in [0.25, 0.3) is 0 Å². The third kappa shape index (κ3) is 5.17. The zero-order valence-corrected chi connectivity index (χ0v) is 18.1. The van der Waals surface area contributed by atoms with Crippen molar-refractivity contribution in [3.8, 4) is 0 Å². The highest BCUT2D eigenvalue weighted by molar-refractivity contribution is 7.90. The van der Waals surface area contributed by atoms with Crippen molar-refractivity contribution in [2.75, 3.05) is 6.26 Å². The van der Waals surface area contributed by atoms with Crippen LogP contribution in [-0.4, -0.2) is 47.5 Å². The van der Waals surface area contributed by atoms with E-state index in [2.05, 4.69) is 4.98 Å². The second kappa shape index (κ2) is 8.91. The van der Waals surface area contributed by atoms with Gasteiger partial charge in [-0.05, 0) is 29.8 Å². The van der Waals surface area contributed by atoms with E-state index in [0.29, 0.717) is 24.0 Å².